The highest BCUT2D eigenvalue weighted by Crippen LogP contribution is 2.18. The van der Waals surface area contributed by atoms with Crippen LogP contribution in [0.3, 0.4) is 0 Å². The summed E-state index contributed by atoms with van der Waals surface area (Å²) in [4.78, 5) is 29.3. The molecular weight excluding hydrogens is 382 g/mol. The highest BCUT2D eigenvalue weighted by Gasteiger charge is 2.18. The number of nitrogens with one attached hydrogen (secondary N) is 2. The van der Waals surface area contributed by atoms with Crippen LogP contribution < -0.4 is 15.5 Å². The van der Waals surface area contributed by atoms with Gasteiger partial charge in [-0.25, -0.2) is 24.4 Å². The lowest BCUT2D eigenvalue weighted by molar-refractivity contribution is 0.247. The zero-order valence-electron chi connectivity index (χ0n) is 16.9. The normalized spacial score (nSPS) is 14.5. The topological polar surface area (TPSA) is 104 Å². The lowest BCUT2D eigenvalue weighted by Crippen LogP contribution is -2.46. The lowest BCUT2D eigenvalue weighted by atomic mass is 10.2. The number of nitrogens with zero attached hydrogens (tertiary/aromatic N) is 7. The largest absolute Gasteiger partial charge is 0.368 e. The van der Waals surface area contributed by atoms with Crippen LogP contribution in [0.1, 0.15) is 12.6 Å². The number of urea groups is 1. The average Bonchev–Trinajstić information content (AvgIpc) is 3.30. The summed E-state index contributed by atoms with van der Waals surface area (Å²) in [6, 6.07) is 7.51. The molecule has 0 aliphatic carbocycles. The van der Waals surface area contributed by atoms with Gasteiger partial charge in [0.15, 0.2) is 5.82 Å². The third-order valence-electron chi connectivity index (χ3n) is 4.90. The Morgan fingerprint density at radius 3 is 2.70 bits per heavy atom. The molecule has 10 nitrogen and oxygen atoms in total. The molecule has 0 aromatic carbocycles. The molecule has 2 N–H and O–H groups in total. The molecule has 4 rings (SSSR count). The molecule has 156 valence electrons. The van der Waals surface area contributed by atoms with E-state index in [-0.39, 0.29) is 6.03 Å². The van der Waals surface area contributed by atoms with Gasteiger partial charge in [0.1, 0.15) is 12.1 Å². The first-order valence-corrected chi connectivity index (χ1v) is 10.0. The molecule has 1 fully saturated rings. The second-order valence-corrected chi connectivity index (χ2v) is 6.97. The van der Waals surface area contributed by atoms with E-state index >= 15 is 0 Å². The van der Waals surface area contributed by atoms with Gasteiger partial charge in [-0.1, -0.05) is 0 Å². The minimum atomic E-state index is -0.261. The maximum absolute atomic E-state index is 11.7. The van der Waals surface area contributed by atoms with Crippen molar-refractivity contribution in [2.24, 2.45) is 0 Å². The fourth-order valence-corrected chi connectivity index (χ4v) is 3.37. The fraction of sp³-hybridized carbons (Fsp3) is 0.350. The van der Waals surface area contributed by atoms with Crippen molar-refractivity contribution in [3.8, 4) is 5.82 Å². The molecule has 0 unspecified atom stereocenters. The molecule has 4 heterocycles. The lowest BCUT2D eigenvalue weighted by Gasteiger charge is -2.35. The summed E-state index contributed by atoms with van der Waals surface area (Å²) in [5.74, 6) is 1.32. The van der Waals surface area contributed by atoms with Gasteiger partial charge < -0.3 is 10.2 Å². The Hall–Kier alpha value is -3.53. The zero-order chi connectivity index (χ0) is 20.8. The van der Waals surface area contributed by atoms with Crippen LogP contribution in [-0.2, 0) is 6.54 Å². The van der Waals surface area contributed by atoms with E-state index in [4.69, 9.17) is 0 Å². The number of amides is 2. The molecular formula is C20H25N9O. The van der Waals surface area contributed by atoms with Gasteiger partial charge >= 0.3 is 6.03 Å². The van der Waals surface area contributed by atoms with Crippen molar-refractivity contribution in [3.63, 3.8) is 0 Å². The summed E-state index contributed by atoms with van der Waals surface area (Å²) in [7, 11) is 0. The molecule has 0 atom stereocenters. The van der Waals surface area contributed by atoms with Crippen LogP contribution in [0.2, 0.25) is 0 Å². The molecule has 0 spiro atoms. The van der Waals surface area contributed by atoms with E-state index in [1.807, 2.05) is 37.5 Å². The van der Waals surface area contributed by atoms with Gasteiger partial charge in [0.05, 0.1) is 17.6 Å². The first kappa shape index (κ1) is 19.8. The monoisotopic (exact) mass is 407 g/mol. The molecule has 2 amide bonds. The maximum atomic E-state index is 11.7. The van der Waals surface area contributed by atoms with E-state index < -0.39 is 0 Å². The van der Waals surface area contributed by atoms with Crippen LogP contribution in [0.25, 0.3) is 5.82 Å². The van der Waals surface area contributed by atoms with Gasteiger partial charge in [0, 0.05) is 57.7 Å². The Kier molecular flexibility index (Phi) is 6.14. The predicted molar refractivity (Wildman–Crippen MR) is 114 cm³/mol. The number of carbonyl (C=O) groups is 1. The quantitative estimate of drug-likeness (QED) is 0.638. The third-order valence-corrected chi connectivity index (χ3v) is 4.90. The molecule has 0 radical (unpaired) electrons. The van der Waals surface area contributed by atoms with Crippen LogP contribution in [-0.4, -0.2) is 68.4 Å². The molecule has 1 aliphatic rings. The number of pyridine rings is 1. The summed E-state index contributed by atoms with van der Waals surface area (Å²) in [6.07, 6.45) is 7.01. The van der Waals surface area contributed by atoms with Crippen LogP contribution in [0.15, 0.2) is 49.2 Å². The van der Waals surface area contributed by atoms with Crippen molar-refractivity contribution in [1.82, 2.24) is 34.9 Å². The van der Waals surface area contributed by atoms with Crippen molar-refractivity contribution in [2.75, 3.05) is 42.9 Å². The summed E-state index contributed by atoms with van der Waals surface area (Å²) in [6.45, 7) is 6.82. The SMILES string of the molecule is CCNC(=O)Nc1cc(CN2CCN(c3ccc(-n4cccn4)nc3)CC2)ncn1. The molecule has 1 aliphatic heterocycles. The number of hydrogen-bond acceptors (Lipinski definition) is 7. The van der Waals surface area contributed by atoms with E-state index in [0.29, 0.717) is 12.4 Å². The number of anilines is 2. The second-order valence-electron chi connectivity index (χ2n) is 6.97. The molecule has 0 bridgehead atoms. The van der Waals surface area contributed by atoms with Crippen molar-refractivity contribution in [3.05, 3.63) is 54.9 Å². The standard InChI is InChI=1S/C20H25N9O/c1-2-21-20(30)26-18-12-16(23-15-24-18)14-27-8-10-28(11-9-27)17-4-5-19(22-13-17)29-7-3-6-25-29/h3-7,12-13,15H,2,8-11,14H2,1H3,(H2,21,23,24,26,30). The minimum absolute atomic E-state index is 0.261. The fourth-order valence-electron chi connectivity index (χ4n) is 3.37. The van der Waals surface area contributed by atoms with Gasteiger partial charge in [-0.15, -0.1) is 0 Å². The van der Waals surface area contributed by atoms with E-state index in [1.165, 1.54) is 6.33 Å². The second kappa shape index (κ2) is 9.31. The smallest absolute Gasteiger partial charge is 0.320 e. The summed E-state index contributed by atoms with van der Waals surface area (Å²) in [5.41, 5.74) is 2.00. The predicted octanol–water partition coefficient (Wildman–Crippen LogP) is 1.52. The van der Waals surface area contributed by atoms with Gasteiger partial charge in [-0.05, 0) is 25.1 Å². The van der Waals surface area contributed by atoms with Crippen molar-refractivity contribution < 1.29 is 4.79 Å². The van der Waals surface area contributed by atoms with Crippen molar-refractivity contribution >= 4 is 17.5 Å². The first-order valence-electron chi connectivity index (χ1n) is 10.0. The molecule has 30 heavy (non-hydrogen) atoms. The highest BCUT2D eigenvalue weighted by atomic mass is 16.2. The molecule has 0 saturated carbocycles. The Balaban J connectivity index is 1.30. The Morgan fingerprint density at radius 1 is 1.13 bits per heavy atom. The van der Waals surface area contributed by atoms with Crippen LogP contribution in [0.5, 0.6) is 0 Å². The van der Waals surface area contributed by atoms with Crippen molar-refractivity contribution in [2.45, 2.75) is 13.5 Å². The molecule has 1 saturated heterocycles. The van der Waals surface area contributed by atoms with Crippen LogP contribution >= 0.6 is 0 Å². The number of rotatable bonds is 6. The Labute approximate surface area is 175 Å². The molecule has 3 aromatic rings. The van der Waals surface area contributed by atoms with Crippen LogP contribution in [0, 0.1) is 0 Å². The minimum Gasteiger partial charge on any atom is -0.368 e. The maximum Gasteiger partial charge on any atom is 0.320 e. The van der Waals surface area contributed by atoms with Gasteiger partial charge in [-0.3, -0.25) is 10.2 Å². The van der Waals surface area contributed by atoms with Gasteiger partial charge in [-0.2, -0.15) is 5.10 Å². The Morgan fingerprint density at radius 2 is 2.00 bits per heavy atom. The summed E-state index contributed by atoms with van der Waals surface area (Å²) >= 11 is 0. The number of hydrogen-bond donors (Lipinski definition) is 2. The van der Waals surface area contributed by atoms with E-state index in [2.05, 4.69) is 46.6 Å². The number of carbonyl (C=O) groups excluding carboxylic acids is 1. The van der Waals surface area contributed by atoms with E-state index in [0.717, 1.165) is 49.9 Å². The number of aromatic nitrogens is 5. The molecule has 10 heteroatoms. The zero-order valence-corrected chi connectivity index (χ0v) is 16.9. The molecule has 3 aromatic heterocycles. The van der Waals surface area contributed by atoms with Gasteiger partial charge in [0.2, 0.25) is 0 Å². The average molecular weight is 407 g/mol. The Bertz CT molecular complexity index is 951. The first-order chi connectivity index (χ1) is 14.7. The van der Waals surface area contributed by atoms with Crippen molar-refractivity contribution in [1.29, 1.82) is 0 Å². The third kappa shape index (κ3) is 4.90. The van der Waals surface area contributed by atoms with E-state index in [1.54, 1.807) is 10.9 Å². The van der Waals surface area contributed by atoms with Crippen LogP contribution in [0.4, 0.5) is 16.3 Å². The van der Waals surface area contributed by atoms with Gasteiger partial charge in [0.25, 0.3) is 0 Å². The highest BCUT2D eigenvalue weighted by molar-refractivity contribution is 5.88. The number of piperazine rings is 1. The van der Waals surface area contributed by atoms with E-state index in [9.17, 15) is 4.79 Å². The summed E-state index contributed by atoms with van der Waals surface area (Å²) < 4.78 is 1.75. The summed E-state index contributed by atoms with van der Waals surface area (Å²) in [5, 5.41) is 9.62.